The monoisotopic (exact) mass is 357 g/mol. The number of carbonyl (C=O) groups excluding carboxylic acids is 1. The van der Waals surface area contributed by atoms with Crippen molar-refractivity contribution in [2.24, 2.45) is 0 Å². The molecule has 3 aromatic heterocycles. The Morgan fingerprint density at radius 1 is 1.26 bits per heavy atom. The third-order valence-corrected chi connectivity index (χ3v) is 4.36. The molecule has 0 fully saturated rings. The Kier molecular flexibility index (Phi) is 3.94. The summed E-state index contributed by atoms with van der Waals surface area (Å²) >= 11 is 0. The van der Waals surface area contributed by atoms with E-state index in [0.29, 0.717) is 16.9 Å². The first-order chi connectivity index (χ1) is 13.1. The molecule has 1 aromatic carbocycles. The van der Waals surface area contributed by atoms with Crippen molar-refractivity contribution in [3.8, 4) is 17.3 Å². The van der Waals surface area contributed by atoms with Crippen LogP contribution >= 0.6 is 0 Å². The number of H-pyrrole nitrogens is 1. The lowest BCUT2D eigenvalue weighted by atomic mass is 10.1. The summed E-state index contributed by atoms with van der Waals surface area (Å²) in [5.41, 5.74) is 5.11. The van der Waals surface area contributed by atoms with E-state index >= 15 is 0 Å². The minimum Gasteiger partial charge on any atom is -0.472 e. The number of carbonyl (C=O) groups is 1. The Labute approximate surface area is 154 Å². The molecule has 0 atom stereocenters. The fourth-order valence-corrected chi connectivity index (χ4v) is 3.02. The van der Waals surface area contributed by atoms with Gasteiger partial charge in [0.15, 0.2) is 0 Å². The SMILES string of the molecule is Cc1cc(C(=O)Nc2ccc3[nH]nc(-c4ccoc4)c3c2)nc(C)c1C#N. The van der Waals surface area contributed by atoms with Gasteiger partial charge in [-0.25, -0.2) is 4.98 Å². The van der Waals surface area contributed by atoms with E-state index in [0.717, 1.165) is 27.7 Å². The molecular weight excluding hydrogens is 342 g/mol. The number of fused-ring (bicyclic) bond motifs is 1. The van der Waals surface area contributed by atoms with Gasteiger partial charge in [0.25, 0.3) is 5.91 Å². The summed E-state index contributed by atoms with van der Waals surface area (Å²) in [4.78, 5) is 16.9. The zero-order chi connectivity index (χ0) is 19.0. The first kappa shape index (κ1) is 16.5. The number of pyridine rings is 1. The average Bonchev–Trinajstić information content (AvgIpc) is 3.30. The maximum Gasteiger partial charge on any atom is 0.274 e. The van der Waals surface area contributed by atoms with Crippen LogP contribution in [0, 0.1) is 25.2 Å². The Morgan fingerprint density at radius 3 is 2.81 bits per heavy atom. The minimum atomic E-state index is -0.335. The summed E-state index contributed by atoms with van der Waals surface area (Å²) in [5, 5.41) is 20.2. The zero-order valence-corrected chi connectivity index (χ0v) is 14.7. The Hall–Kier alpha value is -3.92. The van der Waals surface area contributed by atoms with E-state index in [9.17, 15) is 4.79 Å². The second-order valence-corrected chi connectivity index (χ2v) is 6.20. The van der Waals surface area contributed by atoms with Crippen molar-refractivity contribution in [2.75, 3.05) is 5.32 Å². The first-order valence-electron chi connectivity index (χ1n) is 8.27. The standard InChI is InChI=1S/C20H15N5O2/c1-11-7-18(22-12(2)16(11)9-21)20(26)23-14-3-4-17-15(8-14)19(25-24-17)13-5-6-27-10-13/h3-8,10H,1-2H3,(H,23,26)(H,24,25). The number of rotatable bonds is 3. The van der Waals surface area contributed by atoms with Gasteiger partial charge in [-0.3, -0.25) is 9.89 Å². The van der Waals surface area contributed by atoms with Gasteiger partial charge < -0.3 is 9.73 Å². The van der Waals surface area contributed by atoms with E-state index in [-0.39, 0.29) is 11.6 Å². The molecule has 0 saturated heterocycles. The van der Waals surface area contributed by atoms with Gasteiger partial charge in [-0.05, 0) is 49.7 Å². The fraction of sp³-hybridized carbons (Fsp3) is 0.100. The van der Waals surface area contributed by atoms with Crippen LogP contribution in [0.5, 0.6) is 0 Å². The van der Waals surface area contributed by atoms with Crippen molar-refractivity contribution in [1.29, 1.82) is 5.26 Å². The summed E-state index contributed by atoms with van der Waals surface area (Å²) in [5.74, 6) is -0.335. The molecule has 1 amide bonds. The molecule has 0 saturated carbocycles. The van der Waals surface area contributed by atoms with E-state index in [1.807, 2.05) is 18.2 Å². The number of anilines is 1. The van der Waals surface area contributed by atoms with Gasteiger partial charge in [0, 0.05) is 16.6 Å². The predicted molar refractivity (Wildman–Crippen MR) is 100 cm³/mol. The lowest BCUT2D eigenvalue weighted by Crippen LogP contribution is -2.15. The molecule has 0 spiro atoms. The molecule has 0 bridgehead atoms. The Bertz CT molecular complexity index is 1180. The first-order valence-corrected chi connectivity index (χ1v) is 8.27. The number of aromatic amines is 1. The molecule has 4 rings (SSSR count). The van der Waals surface area contributed by atoms with E-state index in [1.165, 1.54) is 0 Å². The molecule has 27 heavy (non-hydrogen) atoms. The molecular formula is C20H15N5O2. The maximum atomic E-state index is 12.6. The van der Waals surface area contributed by atoms with Gasteiger partial charge in [-0.1, -0.05) is 0 Å². The number of nitrogens with zero attached hydrogens (tertiary/aromatic N) is 3. The quantitative estimate of drug-likeness (QED) is 0.577. The van der Waals surface area contributed by atoms with Crippen LogP contribution in [0.4, 0.5) is 5.69 Å². The Balaban J connectivity index is 1.67. The number of amides is 1. The Morgan fingerprint density at radius 2 is 2.11 bits per heavy atom. The highest BCUT2D eigenvalue weighted by molar-refractivity contribution is 6.05. The van der Waals surface area contributed by atoms with Gasteiger partial charge >= 0.3 is 0 Å². The number of hydrogen-bond acceptors (Lipinski definition) is 5. The van der Waals surface area contributed by atoms with Crippen LogP contribution in [0.1, 0.15) is 27.3 Å². The van der Waals surface area contributed by atoms with Crippen molar-refractivity contribution >= 4 is 22.5 Å². The van der Waals surface area contributed by atoms with Crippen LogP contribution in [-0.4, -0.2) is 21.1 Å². The number of nitrogens with one attached hydrogen (secondary N) is 2. The van der Waals surface area contributed by atoms with Crippen LogP contribution in [-0.2, 0) is 0 Å². The van der Waals surface area contributed by atoms with Crippen molar-refractivity contribution in [1.82, 2.24) is 15.2 Å². The summed E-state index contributed by atoms with van der Waals surface area (Å²) in [6.45, 7) is 3.51. The molecule has 7 nitrogen and oxygen atoms in total. The second-order valence-electron chi connectivity index (χ2n) is 6.20. The number of hydrogen-bond donors (Lipinski definition) is 2. The molecule has 0 aliphatic carbocycles. The summed E-state index contributed by atoms with van der Waals surface area (Å²) in [6, 6.07) is 11.0. The van der Waals surface area contributed by atoms with Gasteiger partial charge in [0.2, 0.25) is 0 Å². The van der Waals surface area contributed by atoms with Gasteiger partial charge in [0.05, 0.1) is 29.3 Å². The number of nitriles is 1. The van der Waals surface area contributed by atoms with Crippen molar-refractivity contribution < 1.29 is 9.21 Å². The van der Waals surface area contributed by atoms with Crippen LogP contribution in [0.3, 0.4) is 0 Å². The highest BCUT2D eigenvalue weighted by Gasteiger charge is 2.14. The molecule has 0 aliphatic rings. The van der Waals surface area contributed by atoms with Gasteiger partial charge in [-0.15, -0.1) is 0 Å². The topological polar surface area (TPSA) is 108 Å². The van der Waals surface area contributed by atoms with Crippen LogP contribution in [0.15, 0.2) is 47.3 Å². The third kappa shape index (κ3) is 2.93. The normalized spacial score (nSPS) is 10.7. The zero-order valence-electron chi connectivity index (χ0n) is 14.7. The number of benzene rings is 1. The molecule has 0 radical (unpaired) electrons. The summed E-state index contributed by atoms with van der Waals surface area (Å²) in [6.07, 6.45) is 3.20. The van der Waals surface area contributed by atoms with E-state index in [4.69, 9.17) is 9.68 Å². The van der Waals surface area contributed by atoms with Crippen LogP contribution in [0.2, 0.25) is 0 Å². The molecule has 3 heterocycles. The third-order valence-electron chi connectivity index (χ3n) is 4.36. The van der Waals surface area contributed by atoms with E-state index in [1.54, 1.807) is 38.5 Å². The lowest BCUT2D eigenvalue weighted by Gasteiger charge is -2.08. The number of aryl methyl sites for hydroxylation is 2. The van der Waals surface area contributed by atoms with Crippen LogP contribution in [0.25, 0.3) is 22.2 Å². The van der Waals surface area contributed by atoms with E-state index in [2.05, 4.69) is 26.6 Å². The minimum absolute atomic E-state index is 0.270. The molecule has 132 valence electrons. The van der Waals surface area contributed by atoms with Crippen molar-refractivity contribution in [2.45, 2.75) is 13.8 Å². The average molecular weight is 357 g/mol. The predicted octanol–water partition coefficient (Wildman–Crippen LogP) is 3.96. The maximum absolute atomic E-state index is 12.6. The second kappa shape index (κ2) is 6.42. The van der Waals surface area contributed by atoms with E-state index < -0.39 is 0 Å². The van der Waals surface area contributed by atoms with Crippen LogP contribution < -0.4 is 5.32 Å². The summed E-state index contributed by atoms with van der Waals surface area (Å²) < 4.78 is 5.13. The fourth-order valence-electron chi connectivity index (χ4n) is 3.02. The smallest absolute Gasteiger partial charge is 0.274 e. The van der Waals surface area contributed by atoms with Gasteiger partial charge in [0.1, 0.15) is 17.5 Å². The molecule has 4 aromatic rings. The van der Waals surface area contributed by atoms with Gasteiger partial charge in [-0.2, -0.15) is 10.4 Å². The molecule has 0 aliphatic heterocycles. The molecule has 7 heteroatoms. The molecule has 2 N–H and O–H groups in total. The highest BCUT2D eigenvalue weighted by atomic mass is 16.3. The molecule has 0 unspecified atom stereocenters. The lowest BCUT2D eigenvalue weighted by molar-refractivity contribution is 0.102. The summed E-state index contributed by atoms with van der Waals surface area (Å²) in [7, 11) is 0. The van der Waals surface area contributed by atoms with Crippen molar-refractivity contribution in [3.05, 3.63) is 65.4 Å². The largest absolute Gasteiger partial charge is 0.472 e. The highest BCUT2D eigenvalue weighted by Crippen LogP contribution is 2.28. The number of aromatic nitrogens is 3. The number of furan rings is 1. The van der Waals surface area contributed by atoms with Crippen molar-refractivity contribution in [3.63, 3.8) is 0 Å².